The minimum Gasteiger partial charge on any atom is -0.322 e. The number of carbonyl (C=O) groups excluding carboxylic acids is 1. The molecule has 5 rings (SSSR count). The van der Waals surface area contributed by atoms with E-state index in [2.05, 4.69) is 15.4 Å². The highest BCUT2D eigenvalue weighted by Gasteiger charge is 2.18. The zero-order valence-corrected chi connectivity index (χ0v) is 16.6. The number of hydrogen-bond donors (Lipinski definition) is 1. The third kappa shape index (κ3) is 3.91. The summed E-state index contributed by atoms with van der Waals surface area (Å²) in [6.07, 6.45) is 5.00. The molecule has 0 saturated heterocycles. The van der Waals surface area contributed by atoms with E-state index in [9.17, 15) is 4.79 Å². The summed E-state index contributed by atoms with van der Waals surface area (Å²) in [5.41, 5.74) is 4.66. The zero-order chi connectivity index (χ0) is 21.0. The van der Waals surface area contributed by atoms with Crippen LogP contribution in [0.4, 0.5) is 5.69 Å². The topological polar surface area (TPSA) is 72.7 Å². The second-order valence-electron chi connectivity index (χ2n) is 7.14. The van der Waals surface area contributed by atoms with Gasteiger partial charge in [0.05, 0.1) is 29.4 Å². The Morgan fingerprint density at radius 2 is 1.61 bits per heavy atom. The standard InChI is InChI=1S/C25H19N5O/c31-25(28-20-11-13-26-14-12-20)21-15-23(19-9-5-2-6-10-19)29-24-22(21)16-27-30(24)17-18-7-3-1-4-8-18/h1-16H,17H2,(H,26,28,31). The number of rotatable bonds is 5. The molecule has 0 fully saturated rings. The molecule has 2 aromatic carbocycles. The molecule has 0 unspecified atom stereocenters. The van der Waals surface area contributed by atoms with Crippen LogP contribution in [0.15, 0.2) is 97.5 Å². The lowest BCUT2D eigenvalue weighted by Crippen LogP contribution is -2.13. The minimum atomic E-state index is -0.213. The van der Waals surface area contributed by atoms with Crippen molar-refractivity contribution >= 4 is 22.6 Å². The van der Waals surface area contributed by atoms with Crippen LogP contribution in [0.25, 0.3) is 22.3 Å². The Morgan fingerprint density at radius 3 is 2.35 bits per heavy atom. The van der Waals surface area contributed by atoms with Crippen LogP contribution in [-0.4, -0.2) is 25.7 Å². The highest BCUT2D eigenvalue weighted by Crippen LogP contribution is 2.26. The molecule has 0 aliphatic carbocycles. The maximum Gasteiger partial charge on any atom is 0.256 e. The van der Waals surface area contributed by atoms with Gasteiger partial charge in [0.25, 0.3) is 5.91 Å². The fourth-order valence-corrected chi connectivity index (χ4v) is 3.50. The number of fused-ring (bicyclic) bond motifs is 1. The van der Waals surface area contributed by atoms with Crippen LogP contribution < -0.4 is 5.32 Å². The largest absolute Gasteiger partial charge is 0.322 e. The van der Waals surface area contributed by atoms with Crippen LogP contribution in [0.1, 0.15) is 15.9 Å². The maximum absolute atomic E-state index is 13.2. The highest BCUT2D eigenvalue weighted by atomic mass is 16.1. The summed E-state index contributed by atoms with van der Waals surface area (Å²) in [6, 6.07) is 25.2. The molecule has 150 valence electrons. The molecule has 6 nitrogen and oxygen atoms in total. The van der Waals surface area contributed by atoms with Crippen LogP contribution in [0.5, 0.6) is 0 Å². The van der Waals surface area contributed by atoms with Gasteiger partial charge >= 0.3 is 0 Å². The predicted octanol–water partition coefficient (Wildman–Crippen LogP) is 4.79. The van der Waals surface area contributed by atoms with Gasteiger partial charge in [0.15, 0.2) is 5.65 Å². The summed E-state index contributed by atoms with van der Waals surface area (Å²) in [6.45, 7) is 0.570. The van der Waals surface area contributed by atoms with Gasteiger partial charge in [-0.25, -0.2) is 9.67 Å². The number of benzene rings is 2. The van der Waals surface area contributed by atoms with Gasteiger partial charge in [-0.1, -0.05) is 60.7 Å². The first kappa shape index (κ1) is 18.7. The number of amides is 1. The van der Waals surface area contributed by atoms with E-state index in [0.29, 0.717) is 28.8 Å². The van der Waals surface area contributed by atoms with Crippen molar-refractivity contribution in [3.05, 3.63) is 109 Å². The molecule has 0 spiro atoms. The Kier molecular flexibility index (Phi) is 4.94. The average Bonchev–Trinajstić information content (AvgIpc) is 3.23. The smallest absolute Gasteiger partial charge is 0.256 e. The van der Waals surface area contributed by atoms with E-state index in [1.165, 1.54) is 0 Å². The Bertz CT molecular complexity index is 1330. The van der Waals surface area contributed by atoms with Gasteiger partial charge in [-0.3, -0.25) is 9.78 Å². The highest BCUT2D eigenvalue weighted by molar-refractivity contribution is 6.12. The van der Waals surface area contributed by atoms with Gasteiger partial charge in [-0.05, 0) is 23.8 Å². The van der Waals surface area contributed by atoms with E-state index in [-0.39, 0.29) is 5.91 Å². The predicted molar refractivity (Wildman–Crippen MR) is 121 cm³/mol. The molecular weight excluding hydrogens is 386 g/mol. The van der Waals surface area contributed by atoms with Crippen molar-refractivity contribution in [2.75, 3.05) is 5.32 Å². The fraction of sp³-hybridized carbons (Fsp3) is 0.0400. The van der Waals surface area contributed by atoms with Crippen molar-refractivity contribution < 1.29 is 4.79 Å². The van der Waals surface area contributed by atoms with E-state index in [4.69, 9.17) is 4.98 Å². The van der Waals surface area contributed by atoms with Crippen LogP contribution >= 0.6 is 0 Å². The monoisotopic (exact) mass is 405 g/mol. The molecule has 0 atom stereocenters. The zero-order valence-electron chi connectivity index (χ0n) is 16.6. The average molecular weight is 405 g/mol. The van der Waals surface area contributed by atoms with Crippen molar-refractivity contribution in [3.8, 4) is 11.3 Å². The van der Waals surface area contributed by atoms with E-state index >= 15 is 0 Å². The minimum absolute atomic E-state index is 0.213. The Hall–Kier alpha value is -4.32. The van der Waals surface area contributed by atoms with Crippen LogP contribution in [-0.2, 0) is 6.54 Å². The summed E-state index contributed by atoms with van der Waals surface area (Å²) >= 11 is 0. The SMILES string of the molecule is O=C(Nc1ccncc1)c1cc(-c2ccccc2)nc2c1cnn2Cc1ccccc1. The molecule has 31 heavy (non-hydrogen) atoms. The molecular formula is C25H19N5O. The van der Waals surface area contributed by atoms with E-state index in [1.54, 1.807) is 30.7 Å². The van der Waals surface area contributed by atoms with Gasteiger partial charge < -0.3 is 5.32 Å². The van der Waals surface area contributed by atoms with Crippen molar-refractivity contribution in [2.24, 2.45) is 0 Å². The first-order valence-corrected chi connectivity index (χ1v) is 9.95. The number of pyridine rings is 2. The van der Waals surface area contributed by atoms with Gasteiger partial charge in [-0.2, -0.15) is 5.10 Å². The lowest BCUT2D eigenvalue weighted by atomic mass is 10.1. The van der Waals surface area contributed by atoms with Gasteiger partial charge in [0, 0.05) is 23.6 Å². The van der Waals surface area contributed by atoms with E-state index < -0.39 is 0 Å². The third-order valence-corrected chi connectivity index (χ3v) is 5.04. The van der Waals surface area contributed by atoms with Crippen LogP contribution in [0, 0.1) is 0 Å². The summed E-state index contributed by atoms with van der Waals surface area (Å²) in [7, 11) is 0. The number of carbonyl (C=O) groups is 1. The number of hydrogen-bond acceptors (Lipinski definition) is 4. The number of nitrogens with one attached hydrogen (secondary N) is 1. The van der Waals surface area contributed by atoms with Crippen LogP contribution in [0.3, 0.4) is 0 Å². The number of aromatic nitrogens is 4. The molecule has 1 amide bonds. The van der Waals surface area contributed by atoms with Crippen molar-refractivity contribution in [1.82, 2.24) is 19.7 Å². The fourth-order valence-electron chi connectivity index (χ4n) is 3.50. The molecule has 3 heterocycles. The lowest BCUT2D eigenvalue weighted by Gasteiger charge is -2.10. The number of anilines is 1. The first-order chi connectivity index (χ1) is 15.3. The summed E-state index contributed by atoms with van der Waals surface area (Å²) < 4.78 is 1.83. The third-order valence-electron chi connectivity index (χ3n) is 5.04. The molecule has 0 saturated carbocycles. The summed E-state index contributed by atoms with van der Waals surface area (Å²) in [5, 5.41) is 8.19. The molecule has 6 heteroatoms. The van der Waals surface area contributed by atoms with Crippen LogP contribution in [0.2, 0.25) is 0 Å². The second kappa shape index (κ2) is 8.20. The quantitative estimate of drug-likeness (QED) is 0.456. The van der Waals surface area contributed by atoms with Crippen molar-refractivity contribution in [2.45, 2.75) is 6.54 Å². The lowest BCUT2D eigenvalue weighted by molar-refractivity contribution is 0.102. The van der Waals surface area contributed by atoms with Crippen molar-refractivity contribution in [1.29, 1.82) is 0 Å². The second-order valence-corrected chi connectivity index (χ2v) is 7.14. The molecule has 0 bridgehead atoms. The Labute approximate surface area is 179 Å². The van der Waals surface area contributed by atoms with Gasteiger partial charge in [-0.15, -0.1) is 0 Å². The Balaban J connectivity index is 1.62. The molecule has 1 N–H and O–H groups in total. The maximum atomic E-state index is 13.2. The summed E-state index contributed by atoms with van der Waals surface area (Å²) in [4.78, 5) is 22.0. The summed E-state index contributed by atoms with van der Waals surface area (Å²) in [5.74, 6) is -0.213. The Morgan fingerprint density at radius 1 is 0.903 bits per heavy atom. The first-order valence-electron chi connectivity index (χ1n) is 9.95. The number of nitrogens with zero attached hydrogens (tertiary/aromatic N) is 4. The van der Waals surface area contributed by atoms with E-state index in [1.807, 2.05) is 71.4 Å². The normalized spacial score (nSPS) is 10.8. The molecule has 5 aromatic rings. The van der Waals surface area contributed by atoms with E-state index in [0.717, 1.165) is 16.8 Å². The van der Waals surface area contributed by atoms with Crippen molar-refractivity contribution in [3.63, 3.8) is 0 Å². The molecule has 0 aliphatic rings. The van der Waals surface area contributed by atoms with Gasteiger partial charge in [0.1, 0.15) is 0 Å². The molecule has 0 aliphatic heterocycles. The molecule has 3 aromatic heterocycles. The molecule has 0 radical (unpaired) electrons. The van der Waals surface area contributed by atoms with Gasteiger partial charge in [0.2, 0.25) is 0 Å².